The maximum atomic E-state index is 8.71. The zero-order valence-corrected chi connectivity index (χ0v) is 11.0. The van der Waals surface area contributed by atoms with Crippen molar-refractivity contribution in [2.75, 3.05) is 5.32 Å². The van der Waals surface area contributed by atoms with Gasteiger partial charge in [-0.05, 0) is 31.2 Å². The smallest absolute Gasteiger partial charge is 0.131 e. The zero-order valence-electron chi connectivity index (χ0n) is 10.2. The van der Waals surface area contributed by atoms with Crippen molar-refractivity contribution in [3.63, 3.8) is 0 Å². The van der Waals surface area contributed by atoms with Crippen molar-refractivity contribution < 1.29 is 0 Å². The van der Waals surface area contributed by atoms with E-state index in [2.05, 4.69) is 16.5 Å². The van der Waals surface area contributed by atoms with Crippen LogP contribution in [0, 0.1) is 18.3 Å². The van der Waals surface area contributed by atoms with Crippen LogP contribution >= 0.6 is 11.6 Å². The fourth-order valence-electron chi connectivity index (χ4n) is 1.73. The third-order valence-electron chi connectivity index (χ3n) is 2.75. The van der Waals surface area contributed by atoms with Crippen LogP contribution in [0.2, 0.25) is 5.15 Å². The van der Waals surface area contributed by atoms with Crippen LogP contribution in [0.3, 0.4) is 0 Å². The van der Waals surface area contributed by atoms with Crippen molar-refractivity contribution in [2.24, 2.45) is 7.05 Å². The van der Waals surface area contributed by atoms with Gasteiger partial charge in [0.25, 0.3) is 0 Å². The molecular formula is C13H13ClN4. The normalized spacial score (nSPS) is 10.1. The van der Waals surface area contributed by atoms with Crippen LogP contribution in [0.1, 0.15) is 16.8 Å². The van der Waals surface area contributed by atoms with Crippen molar-refractivity contribution in [3.05, 3.63) is 46.2 Å². The number of nitrogens with one attached hydrogen (secondary N) is 1. The lowest BCUT2D eigenvalue weighted by Gasteiger charge is -2.06. The van der Waals surface area contributed by atoms with E-state index in [0.717, 1.165) is 16.9 Å². The number of hydrogen-bond donors (Lipinski definition) is 1. The molecule has 1 aromatic carbocycles. The predicted molar refractivity (Wildman–Crippen MR) is 71.4 cm³/mol. The standard InChI is InChI=1S/C13H13ClN4/c1-9-12(13(14)18(2)17-9)8-16-11-5-3-10(7-15)4-6-11/h3-6,16H,8H2,1-2H3. The molecule has 0 unspecified atom stereocenters. The molecule has 5 heteroatoms. The third kappa shape index (κ3) is 2.47. The lowest BCUT2D eigenvalue weighted by molar-refractivity contribution is 0.757. The summed E-state index contributed by atoms with van der Waals surface area (Å²) >= 11 is 6.15. The Kier molecular flexibility index (Phi) is 3.54. The molecule has 1 N–H and O–H groups in total. The molecule has 0 saturated heterocycles. The van der Waals surface area contributed by atoms with Crippen LogP contribution in [-0.2, 0) is 13.6 Å². The molecule has 0 aliphatic rings. The Bertz CT molecular complexity index is 593. The van der Waals surface area contributed by atoms with Gasteiger partial charge in [0, 0.05) is 24.8 Å². The fourth-order valence-corrected chi connectivity index (χ4v) is 1.97. The molecule has 0 bridgehead atoms. The zero-order chi connectivity index (χ0) is 13.1. The third-order valence-corrected chi connectivity index (χ3v) is 3.23. The number of halogens is 1. The Morgan fingerprint density at radius 1 is 1.39 bits per heavy atom. The number of anilines is 1. The largest absolute Gasteiger partial charge is 0.381 e. The van der Waals surface area contributed by atoms with Crippen LogP contribution in [0.5, 0.6) is 0 Å². The summed E-state index contributed by atoms with van der Waals surface area (Å²) in [6, 6.07) is 9.39. The molecule has 0 amide bonds. The lowest BCUT2D eigenvalue weighted by Crippen LogP contribution is -2.00. The lowest BCUT2D eigenvalue weighted by atomic mass is 10.2. The summed E-state index contributed by atoms with van der Waals surface area (Å²) in [6.07, 6.45) is 0. The minimum atomic E-state index is 0.615. The highest BCUT2D eigenvalue weighted by molar-refractivity contribution is 6.30. The second-order valence-electron chi connectivity index (χ2n) is 4.02. The molecule has 0 aliphatic carbocycles. The van der Waals surface area contributed by atoms with Gasteiger partial charge in [-0.1, -0.05) is 11.6 Å². The molecule has 2 rings (SSSR count). The average molecular weight is 261 g/mol. The van der Waals surface area contributed by atoms with Crippen LogP contribution < -0.4 is 5.32 Å². The molecule has 0 aliphatic heterocycles. The number of aryl methyl sites for hydroxylation is 2. The van der Waals surface area contributed by atoms with Gasteiger partial charge in [-0.2, -0.15) is 10.4 Å². The molecule has 4 nitrogen and oxygen atoms in total. The van der Waals surface area contributed by atoms with Crippen LogP contribution in [0.4, 0.5) is 5.69 Å². The summed E-state index contributed by atoms with van der Waals surface area (Å²) in [5, 5.41) is 16.9. The van der Waals surface area contributed by atoms with E-state index < -0.39 is 0 Å². The Balaban J connectivity index is 2.09. The van der Waals surface area contributed by atoms with E-state index in [1.807, 2.05) is 26.1 Å². The molecule has 2 aromatic rings. The SMILES string of the molecule is Cc1nn(C)c(Cl)c1CNc1ccc(C#N)cc1. The second kappa shape index (κ2) is 5.11. The minimum absolute atomic E-state index is 0.615. The molecular weight excluding hydrogens is 248 g/mol. The predicted octanol–water partition coefficient (Wildman–Crippen LogP) is 2.87. The molecule has 0 atom stereocenters. The first kappa shape index (κ1) is 12.5. The van der Waals surface area contributed by atoms with Crippen molar-refractivity contribution in [3.8, 4) is 6.07 Å². The Hall–Kier alpha value is -1.99. The summed E-state index contributed by atoms with van der Waals surface area (Å²) in [6.45, 7) is 2.55. The molecule has 18 heavy (non-hydrogen) atoms. The number of nitrogens with zero attached hydrogens (tertiary/aromatic N) is 3. The first-order valence-electron chi connectivity index (χ1n) is 5.54. The Labute approximate surface area is 111 Å². The number of benzene rings is 1. The topological polar surface area (TPSA) is 53.6 Å². The number of rotatable bonds is 3. The molecule has 1 heterocycles. The van der Waals surface area contributed by atoms with E-state index in [1.165, 1.54) is 0 Å². The summed E-state index contributed by atoms with van der Waals surface area (Å²) in [5.41, 5.74) is 3.51. The summed E-state index contributed by atoms with van der Waals surface area (Å²) in [7, 11) is 1.82. The molecule has 1 aromatic heterocycles. The maximum Gasteiger partial charge on any atom is 0.131 e. The van der Waals surface area contributed by atoms with E-state index >= 15 is 0 Å². The van der Waals surface area contributed by atoms with Crippen molar-refractivity contribution in [2.45, 2.75) is 13.5 Å². The Morgan fingerprint density at radius 2 is 2.06 bits per heavy atom. The quantitative estimate of drug-likeness (QED) is 0.923. The Morgan fingerprint density at radius 3 is 2.56 bits per heavy atom. The van der Waals surface area contributed by atoms with Gasteiger partial charge >= 0.3 is 0 Å². The highest BCUT2D eigenvalue weighted by Crippen LogP contribution is 2.20. The monoisotopic (exact) mass is 260 g/mol. The van der Waals surface area contributed by atoms with Crippen molar-refractivity contribution >= 4 is 17.3 Å². The summed E-state index contributed by atoms with van der Waals surface area (Å²) < 4.78 is 1.66. The van der Waals surface area contributed by atoms with Gasteiger partial charge in [0.05, 0.1) is 17.3 Å². The first-order valence-corrected chi connectivity index (χ1v) is 5.91. The van der Waals surface area contributed by atoms with Crippen molar-refractivity contribution in [1.29, 1.82) is 5.26 Å². The van der Waals surface area contributed by atoms with Crippen LogP contribution in [0.15, 0.2) is 24.3 Å². The van der Waals surface area contributed by atoms with E-state index in [0.29, 0.717) is 17.3 Å². The number of hydrogen-bond acceptors (Lipinski definition) is 3. The highest BCUT2D eigenvalue weighted by atomic mass is 35.5. The van der Waals surface area contributed by atoms with Gasteiger partial charge in [-0.25, -0.2) is 0 Å². The van der Waals surface area contributed by atoms with Crippen LogP contribution in [-0.4, -0.2) is 9.78 Å². The van der Waals surface area contributed by atoms with Gasteiger partial charge in [-0.3, -0.25) is 4.68 Å². The molecule has 0 spiro atoms. The van der Waals surface area contributed by atoms with Gasteiger partial charge in [0.1, 0.15) is 5.15 Å². The summed E-state index contributed by atoms with van der Waals surface area (Å²) in [5.74, 6) is 0. The summed E-state index contributed by atoms with van der Waals surface area (Å²) in [4.78, 5) is 0. The molecule has 0 saturated carbocycles. The maximum absolute atomic E-state index is 8.71. The first-order chi connectivity index (χ1) is 8.61. The van der Waals surface area contributed by atoms with Gasteiger partial charge in [0.15, 0.2) is 0 Å². The van der Waals surface area contributed by atoms with E-state index in [1.54, 1.807) is 16.8 Å². The van der Waals surface area contributed by atoms with E-state index in [9.17, 15) is 0 Å². The number of nitriles is 1. The van der Waals surface area contributed by atoms with E-state index in [4.69, 9.17) is 16.9 Å². The molecule has 0 radical (unpaired) electrons. The average Bonchev–Trinajstić information content (AvgIpc) is 2.62. The van der Waals surface area contributed by atoms with Gasteiger partial charge < -0.3 is 5.32 Å². The number of aromatic nitrogens is 2. The second-order valence-corrected chi connectivity index (χ2v) is 4.38. The fraction of sp³-hybridized carbons (Fsp3) is 0.231. The van der Waals surface area contributed by atoms with Gasteiger partial charge in [-0.15, -0.1) is 0 Å². The molecule has 0 fully saturated rings. The van der Waals surface area contributed by atoms with Gasteiger partial charge in [0.2, 0.25) is 0 Å². The molecule has 92 valence electrons. The minimum Gasteiger partial charge on any atom is -0.381 e. The van der Waals surface area contributed by atoms with Crippen LogP contribution in [0.25, 0.3) is 0 Å². The van der Waals surface area contributed by atoms with E-state index in [-0.39, 0.29) is 0 Å². The van der Waals surface area contributed by atoms with Crippen molar-refractivity contribution in [1.82, 2.24) is 9.78 Å². The highest BCUT2D eigenvalue weighted by Gasteiger charge is 2.10.